The maximum absolute atomic E-state index is 8.73. The molecule has 0 aromatic rings. The van der Waals surface area contributed by atoms with Crippen LogP contribution in [0, 0.1) is 35.5 Å². The molecule has 0 heterocycles. The molecule has 30 heavy (non-hydrogen) atoms. The van der Waals surface area contributed by atoms with Crippen LogP contribution in [-0.4, -0.2) is 35.1 Å². The van der Waals surface area contributed by atoms with Gasteiger partial charge >= 0.3 is 0 Å². The van der Waals surface area contributed by atoms with E-state index < -0.39 is 0 Å². The summed E-state index contributed by atoms with van der Waals surface area (Å²) < 4.78 is 0. The van der Waals surface area contributed by atoms with E-state index >= 15 is 0 Å². The maximum Gasteiger partial charge on any atom is 0.0465 e. The van der Waals surface area contributed by atoms with Crippen LogP contribution in [0.3, 0.4) is 0 Å². The number of aliphatic hydroxyl groups is 3. The van der Waals surface area contributed by atoms with Crippen molar-refractivity contribution in [3.8, 4) is 0 Å². The molecular weight excluding hydrogens is 372 g/mol. The Morgan fingerprint density at radius 3 is 1.40 bits per heavy atom. The van der Waals surface area contributed by atoms with E-state index in [1.54, 1.807) is 6.08 Å². The molecule has 0 aromatic heterocycles. The lowest BCUT2D eigenvalue weighted by atomic mass is 9.91. The fraction of sp³-hybridized carbons (Fsp3) is 0.630. The third-order valence-corrected chi connectivity index (χ3v) is 6.82. The molecule has 5 aliphatic carbocycles. The van der Waals surface area contributed by atoms with E-state index in [1.165, 1.54) is 25.7 Å². The second kappa shape index (κ2) is 14.6. The summed E-state index contributed by atoms with van der Waals surface area (Å²) in [4.78, 5) is 0. The zero-order valence-corrected chi connectivity index (χ0v) is 18.5. The van der Waals surface area contributed by atoms with E-state index in [2.05, 4.69) is 55.2 Å². The highest BCUT2D eigenvalue weighted by Crippen LogP contribution is 2.45. The van der Waals surface area contributed by atoms with E-state index in [4.69, 9.17) is 15.3 Å². The van der Waals surface area contributed by atoms with E-state index in [9.17, 15) is 0 Å². The standard InChI is InChI=1S/2C9H14O.C5H6.C4H8O/c2*10-4-3-9-6-7-1-2-8(9)5-7;1-2-4-5-3-1;1-2-3-4-5/h2*1-2,7-10H,3-6H2;1-4H,5H2;2,5H,1,3-4H2. The summed E-state index contributed by atoms with van der Waals surface area (Å²) in [6.07, 6.45) is 28.7. The van der Waals surface area contributed by atoms with Crippen molar-refractivity contribution in [1.82, 2.24) is 0 Å². The molecule has 0 aliphatic heterocycles. The maximum atomic E-state index is 8.73. The molecule has 3 nitrogen and oxygen atoms in total. The number of rotatable bonds is 6. The summed E-state index contributed by atoms with van der Waals surface area (Å²) in [7, 11) is 0. The van der Waals surface area contributed by atoms with Crippen LogP contribution < -0.4 is 0 Å². The minimum atomic E-state index is 0.226. The molecule has 5 aliphatic rings. The Morgan fingerprint density at radius 1 is 0.700 bits per heavy atom. The lowest BCUT2D eigenvalue weighted by Crippen LogP contribution is -2.08. The smallest absolute Gasteiger partial charge is 0.0465 e. The van der Waals surface area contributed by atoms with Crippen LogP contribution in [0.4, 0.5) is 0 Å². The van der Waals surface area contributed by atoms with E-state index in [1.807, 2.05) is 0 Å². The van der Waals surface area contributed by atoms with Gasteiger partial charge in [-0.15, -0.1) is 6.58 Å². The van der Waals surface area contributed by atoms with Crippen molar-refractivity contribution in [2.24, 2.45) is 35.5 Å². The van der Waals surface area contributed by atoms with Crippen LogP contribution >= 0.6 is 0 Å². The third kappa shape index (κ3) is 8.37. The molecule has 168 valence electrons. The van der Waals surface area contributed by atoms with E-state index in [-0.39, 0.29) is 6.61 Å². The van der Waals surface area contributed by atoms with Gasteiger partial charge in [0.2, 0.25) is 0 Å². The van der Waals surface area contributed by atoms with Crippen molar-refractivity contribution in [2.45, 2.75) is 51.4 Å². The molecule has 0 spiro atoms. The largest absolute Gasteiger partial charge is 0.396 e. The first kappa shape index (κ1) is 24.8. The normalized spacial score (nSPS) is 32.9. The predicted molar refractivity (Wildman–Crippen MR) is 126 cm³/mol. The Hall–Kier alpha value is -1.42. The Bertz CT molecular complexity index is 543. The Kier molecular flexibility index (Phi) is 12.1. The minimum Gasteiger partial charge on any atom is -0.396 e. The number of hydrogen-bond acceptors (Lipinski definition) is 3. The molecule has 0 saturated heterocycles. The SMILES string of the molecule is C1=CCC=C1.C=CCCO.OCCC1CC2C=CC1C2.OCCC1CC2C=CC1C2. The zero-order valence-electron chi connectivity index (χ0n) is 18.5. The molecule has 4 bridgehead atoms. The van der Waals surface area contributed by atoms with Gasteiger partial charge in [-0.2, -0.15) is 0 Å². The van der Waals surface area contributed by atoms with Crippen molar-refractivity contribution in [2.75, 3.05) is 19.8 Å². The van der Waals surface area contributed by atoms with Crippen molar-refractivity contribution in [1.29, 1.82) is 0 Å². The molecule has 5 rings (SSSR count). The number of hydrogen-bond donors (Lipinski definition) is 3. The van der Waals surface area contributed by atoms with E-state index in [0.29, 0.717) is 19.6 Å². The molecule has 6 unspecified atom stereocenters. The van der Waals surface area contributed by atoms with Gasteiger partial charge in [-0.25, -0.2) is 0 Å². The van der Waals surface area contributed by atoms with Crippen molar-refractivity contribution in [3.05, 3.63) is 61.3 Å². The van der Waals surface area contributed by atoms with Crippen LogP contribution in [0.1, 0.15) is 51.4 Å². The summed E-state index contributed by atoms with van der Waals surface area (Å²) in [5.74, 6) is 4.97. The summed E-state index contributed by atoms with van der Waals surface area (Å²) in [5.41, 5.74) is 0. The molecule has 0 radical (unpaired) electrons. The van der Waals surface area contributed by atoms with Crippen molar-refractivity contribution in [3.63, 3.8) is 0 Å². The first-order valence-corrected chi connectivity index (χ1v) is 11.8. The van der Waals surface area contributed by atoms with Gasteiger partial charge in [0.05, 0.1) is 0 Å². The van der Waals surface area contributed by atoms with Gasteiger partial charge in [0.1, 0.15) is 0 Å². The van der Waals surface area contributed by atoms with Crippen molar-refractivity contribution < 1.29 is 15.3 Å². The summed E-state index contributed by atoms with van der Waals surface area (Å²) in [6.45, 7) is 4.37. The second-order valence-corrected chi connectivity index (χ2v) is 9.00. The number of allylic oxidation sites excluding steroid dienone is 8. The monoisotopic (exact) mass is 414 g/mol. The molecule has 6 atom stereocenters. The summed E-state index contributed by atoms with van der Waals surface area (Å²) >= 11 is 0. The Balaban J connectivity index is 0.000000151. The first-order chi connectivity index (χ1) is 14.7. The highest BCUT2D eigenvalue weighted by atomic mass is 16.3. The summed E-state index contributed by atoms with van der Waals surface area (Å²) in [5, 5.41) is 25.5. The quantitative estimate of drug-likeness (QED) is 0.522. The number of aliphatic hydroxyl groups excluding tert-OH is 3. The molecule has 0 aromatic carbocycles. The average molecular weight is 415 g/mol. The molecule has 3 N–H and O–H groups in total. The molecule has 3 heteroatoms. The summed E-state index contributed by atoms with van der Waals surface area (Å²) in [6, 6.07) is 0. The van der Waals surface area contributed by atoms with Gasteiger partial charge in [-0.1, -0.05) is 54.7 Å². The molecule has 2 fully saturated rings. The highest BCUT2D eigenvalue weighted by molar-refractivity contribution is 5.12. The molecule has 0 amide bonds. The van der Waals surface area contributed by atoms with Crippen molar-refractivity contribution >= 4 is 0 Å². The number of fused-ring (bicyclic) bond motifs is 4. The zero-order chi connectivity index (χ0) is 21.6. The van der Waals surface area contributed by atoms with Crippen LogP contribution in [0.25, 0.3) is 0 Å². The highest BCUT2D eigenvalue weighted by Gasteiger charge is 2.35. The predicted octanol–water partition coefficient (Wildman–Crippen LogP) is 5.22. The van der Waals surface area contributed by atoms with Crippen LogP contribution in [-0.2, 0) is 0 Å². The fourth-order valence-electron chi connectivity index (χ4n) is 5.27. The lowest BCUT2D eigenvalue weighted by molar-refractivity contribution is 0.244. The minimum absolute atomic E-state index is 0.226. The van der Waals surface area contributed by atoms with Gasteiger partial charge in [-0.05, 0) is 86.9 Å². The Morgan fingerprint density at radius 2 is 1.20 bits per heavy atom. The Labute approximate surface area is 183 Å². The molecular formula is C27H42O3. The van der Waals surface area contributed by atoms with Gasteiger partial charge in [0.25, 0.3) is 0 Å². The van der Waals surface area contributed by atoms with E-state index in [0.717, 1.165) is 54.8 Å². The lowest BCUT2D eigenvalue weighted by Gasteiger charge is -2.15. The van der Waals surface area contributed by atoms with Gasteiger partial charge in [-0.3, -0.25) is 0 Å². The van der Waals surface area contributed by atoms with Gasteiger partial charge < -0.3 is 15.3 Å². The molecule has 2 saturated carbocycles. The topological polar surface area (TPSA) is 60.7 Å². The van der Waals surface area contributed by atoms with Crippen LogP contribution in [0.2, 0.25) is 0 Å². The average Bonchev–Trinajstić information content (AvgIpc) is 3.59. The van der Waals surface area contributed by atoms with Gasteiger partial charge in [0.15, 0.2) is 0 Å². The first-order valence-electron chi connectivity index (χ1n) is 11.8. The van der Waals surface area contributed by atoms with Crippen LogP contribution in [0.5, 0.6) is 0 Å². The van der Waals surface area contributed by atoms with Gasteiger partial charge in [0, 0.05) is 19.8 Å². The van der Waals surface area contributed by atoms with Crippen LogP contribution in [0.15, 0.2) is 61.3 Å². The fourth-order valence-corrected chi connectivity index (χ4v) is 5.27. The third-order valence-electron chi connectivity index (χ3n) is 6.82. The second-order valence-electron chi connectivity index (χ2n) is 9.00.